The van der Waals surface area contributed by atoms with Gasteiger partial charge in [-0.25, -0.2) is 13.1 Å². The summed E-state index contributed by atoms with van der Waals surface area (Å²) in [5.41, 5.74) is 5.45. The van der Waals surface area contributed by atoms with E-state index in [0.29, 0.717) is 19.0 Å². The average molecular weight is 337 g/mol. The molecule has 0 saturated heterocycles. The third kappa shape index (κ3) is 4.57. The molecule has 4 unspecified atom stereocenters. The van der Waals surface area contributed by atoms with E-state index in [-0.39, 0.29) is 16.5 Å². The van der Waals surface area contributed by atoms with Crippen molar-refractivity contribution in [3.05, 3.63) is 0 Å². The number of nitrogens with one attached hydrogen (secondary N) is 1. The second kappa shape index (κ2) is 8.14. The molecule has 4 atom stereocenters. The van der Waals surface area contributed by atoms with Crippen molar-refractivity contribution in [1.82, 2.24) is 4.72 Å². The van der Waals surface area contributed by atoms with Crippen LogP contribution >= 0.6 is 11.6 Å². The second-order valence-electron chi connectivity index (χ2n) is 6.53. The summed E-state index contributed by atoms with van der Waals surface area (Å²) < 4.78 is 28.0. The molecule has 2 fully saturated rings. The van der Waals surface area contributed by atoms with Gasteiger partial charge in [-0.05, 0) is 56.9 Å². The van der Waals surface area contributed by atoms with Crippen LogP contribution in [-0.2, 0) is 10.0 Å². The van der Waals surface area contributed by atoms with Gasteiger partial charge < -0.3 is 5.73 Å². The van der Waals surface area contributed by atoms with Gasteiger partial charge in [-0.3, -0.25) is 0 Å². The van der Waals surface area contributed by atoms with Crippen molar-refractivity contribution in [2.24, 2.45) is 17.6 Å². The smallest absolute Gasteiger partial charge is 0.214 e. The highest BCUT2D eigenvalue weighted by Crippen LogP contribution is 2.44. The summed E-state index contributed by atoms with van der Waals surface area (Å²) in [5.74, 6) is 0.657. The lowest BCUT2D eigenvalue weighted by atomic mass is 9.70. The zero-order chi connectivity index (χ0) is 15.3. The number of nitrogens with two attached hydrogens (primary N) is 1. The maximum Gasteiger partial charge on any atom is 0.214 e. The van der Waals surface area contributed by atoms with E-state index in [4.69, 9.17) is 17.3 Å². The molecule has 21 heavy (non-hydrogen) atoms. The molecule has 0 aromatic carbocycles. The number of alkyl halides is 1. The van der Waals surface area contributed by atoms with Crippen molar-refractivity contribution in [3.63, 3.8) is 0 Å². The Balaban J connectivity index is 1.91. The Hall–Kier alpha value is 0.160. The Labute approximate surface area is 134 Å². The van der Waals surface area contributed by atoms with Crippen molar-refractivity contribution in [1.29, 1.82) is 0 Å². The lowest BCUT2D eigenvalue weighted by Gasteiger charge is -2.43. The number of hydrogen-bond acceptors (Lipinski definition) is 3. The van der Waals surface area contributed by atoms with E-state index in [1.807, 2.05) is 0 Å². The largest absolute Gasteiger partial charge is 0.330 e. The molecule has 2 saturated carbocycles. The summed E-state index contributed by atoms with van der Waals surface area (Å²) in [7, 11) is -3.20. The number of halogens is 1. The highest BCUT2D eigenvalue weighted by atomic mass is 35.5. The van der Waals surface area contributed by atoms with E-state index >= 15 is 0 Å². The van der Waals surface area contributed by atoms with Crippen LogP contribution in [0.15, 0.2) is 0 Å². The zero-order valence-corrected chi connectivity index (χ0v) is 14.3. The number of sulfonamides is 1. The van der Waals surface area contributed by atoms with Crippen LogP contribution in [0.4, 0.5) is 0 Å². The maximum atomic E-state index is 12.6. The summed E-state index contributed by atoms with van der Waals surface area (Å²) in [6, 6.07) is 0. The fourth-order valence-electron chi connectivity index (χ4n) is 4.02. The van der Waals surface area contributed by atoms with Crippen molar-refractivity contribution in [2.75, 3.05) is 13.1 Å². The van der Waals surface area contributed by atoms with Gasteiger partial charge >= 0.3 is 0 Å². The third-order valence-electron chi connectivity index (χ3n) is 5.12. The molecule has 0 aromatic heterocycles. The third-order valence-corrected chi connectivity index (χ3v) is 7.65. The Morgan fingerprint density at radius 2 is 1.71 bits per heavy atom. The molecule has 6 heteroatoms. The molecule has 0 aromatic rings. The predicted molar refractivity (Wildman–Crippen MR) is 87.9 cm³/mol. The van der Waals surface area contributed by atoms with Crippen molar-refractivity contribution < 1.29 is 8.42 Å². The molecule has 2 aliphatic rings. The first kappa shape index (κ1) is 17.5. The van der Waals surface area contributed by atoms with Crippen LogP contribution in [0.25, 0.3) is 0 Å². The molecule has 0 radical (unpaired) electrons. The zero-order valence-electron chi connectivity index (χ0n) is 12.8. The number of hydrogen-bond donors (Lipinski definition) is 2. The van der Waals surface area contributed by atoms with E-state index < -0.39 is 10.0 Å². The van der Waals surface area contributed by atoms with Crippen molar-refractivity contribution in [2.45, 2.75) is 68.4 Å². The van der Waals surface area contributed by atoms with E-state index in [0.717, 1.165) is 57.8 Å². The molecule has 0 amide bonds. The summed E-state index contributed by atoms with van der Waals surface area (Å²) in [6.07, 6.45) is 8.83. The highest BCUT2D eigenvalue weighted by Gasteiger charge is 2.44. The van der Waals surface area contributed by atoms with Gasteiger partial charge in [0.15, 0.2) is 0 Å². The minimum absolute atomic E-state index is 0.173. The molecule has 2 rings (SSSR count). The fourth-order valence-corrected chi connectivity index (χ4v) is 6.41. The van der Waals surface area contributed by atoms with E-state index in [9.17, 15) is 8.42 Å². The molecule has 0 aliphatic heterocycles. The second-order valence-corrected chi connectivity index (χ2v) is 9.08. The molecule has 0 spiro atoms. The molecular formula is C15H29ClN2O2S. The van der Waals surface area contributed by atoms with E-state index in [1.54, 1.807) is 0 Å². The first-order valence-electron chi connectivity index (χ1n) is 8.39. The lowest BCUT2D eigenvalue weighted by molar-refractivity contribution is 0.178. The first-order chi connectivity index (χ1) is 10.1. The Kier molecular flexibility index (Phi) is 6.79. The van der Waals surface area contributed by atoms with Gasteiger partial charge in [-0.15, -0.1) is 11.6 Å². The summed E-state index contributed by atoms with van der Waals surface area (Å²) in [4.78, 5) is 0. The lowest BCUT2D eigenvalue weighted by Crippen LogP contribution is -2.47. The predicted octanol–water partition coefficient (Wildman–Crippen LogP) is 2.61. The minimum atomic E-state index is -3.20. The van der Waals surface area contributed by atoms with Crippen molar-refractivity contribution in [3.8, 4) is 0 Å². The SMILES string of the molecule is NCCCCCNS(=O)(=O)C1CCCC2C(Cl)CCCC21. The Morgan fingerprint density at radius 3 is 2.48 bits per heavy atom. The van der Waals surface area contributed by atoms with Gasteiger partial charge in [0.2, 0.25) is 10.0 Å². The monoisotopic (exact) mass is 336 g/mol. The topological polar surface area (TPSA) is 72.2 Å². The summed E-state index contributed by atoms with van der Waals surface area (Å²) in [6.45, 7) is 1.22. The van der Waals surface area contributed by atoms with Crippen LogP contribution in [0, 0.1) is 11.8 Å². The first-order valence-corrected chi connectivity index (χ1v) is 10.4. The molecule has 4 nitrogen and oxygen atoms in total. The fraction of sp³-hybridized carbons (Fsp3) is 1.00. The summed E-state index contributed by atoms with van der Waals surface area (Å²) >= 11 is 6.44. The van der Waals surface area contributed by atoms with Crippen molar-refractivity contribution >= 4 is 21.6 Å². The minimum Gasteiger partial charge on any atom is -0.330 e. The van der Waals surface area contributed by atoms with Crippen LogP contribution in [-0.4, -0.2) is 32.1 Å². The molecule has 124 valence electrons. The number of fused-ring (bicyclic) bond motifs is 1. The van der Waals surface area contributed by atoms with Gasteiger partial charge in [0.05, 0.1) is 5.25 Å². The standard InChI is InChI=1S/C15H29ClN2O2S/c16-14-8-4-7-13-12(14)6-5-9-15(13)21(19,20)18-11-3-1-2-10-17/h12-15,18H,1-11,17H2. The molecule has 2 aliphatic carbocycles. The van der Waals surface area contributed by atoms with Crippen LogP contribution in [0.2, 0.25) is 0 Å². The van der Waals surface area contributed by atoms with Crippen LogP contribution in [0.1, 0.15) is 57.8 Å². The van der Waals surface area contributed by atoms with Crippen LogP contribution < -0.4 is 10.5 Å². The number of rotatable bonds is 7. The highest BCUT2D eigenvalue weighted by molar-refractivity contribution is 7.90. The maximum absolute atomic E-state index is 12.6. The average Bonchev–Trinajstić information content (AvgIpc) is 2.47. The van der Waals surface area contributed by atoms with Gasteiger partial charge in [-0.1, -0.05) is 19.3 Å². The van der Waals surface area contributed by atoms with E-state index in [2.05, 4.69) is 4.72 Å². The van der Waals surface area contributed by atoms with Gasteiger partial charge in [0.25, 0.3) is 0 Å². The summed E-state index contributed by atoms with van der Waals surface area (Å²) in [5, 5.41) is -0.0568. The molecular weight excluding hydrogens is 308 g/mol. The van der Waals surface area contributed by atoms with Gasteiger partial charge in [0, 0.05) is 11.9 Å². The van der Waals surface area contributed by atoms with Gasteiger partial charge in [0.1, 0.15) is 0 Å². The quantitative estimate of drug-likeness (QED) is 0.554. The normalized spacial score (nSPS) is 33.6. The molecule has 0 bridgehead atoms. The number of unbranched alkanes of at least 4 members (excludes halogenated alkanes) is 2. The van der Waals surface area contributed by atoms with Gasteiger partial charge in [-0.2, -0.15) is 0 Å². The van der Waals surface area contributed by atoms with Crippen LogP contribution in [0.5, 0.6) is 0 Å². The molecule has 3 N–H and O–H groups in total. The Morgan fingerprint density at radius 1 is 1.00 bits per heavy atom. The molecule has 0 heterocycles. The Bertz CT molecular complexity index is 416. The van der Waals surface area contributed by atoms with E-state index in [1.165, 1.54) is 0 Å². The van der Waals surface area contributed by atoms with Crippen LogP contribution in [0.3, 0.4) is 0 Å².